The Morgan fingerprint density at radius 1 is 1.07 bits per heavy atom. The van der Waals surface area contributed by atoms with Gasteiger partial charge in [-0.2, -0.15) is 0 Å². The summed E-state index contributed by atoms with van der Waals surface area (Å²) in [5, 5.41) is 0. The highest BCUT2D eigenvalue weighted by Crippen LogP contribution is 2.52. The Balaban J connectivity index is 2.70. The van der Waals surface area contributed by atoms with Crippen molar-refractivity contribution in [3.05, 3.63) is 19.8 Å². The topological polar surface area (TPSA) is 0 Å². The van der Waals surface area contributed by atoms with E-state index in [1.165, 1.54) is 22.2 Å². The molecular formula is C13H19BrS. The molecule has 15 heavy (non-hydrogen) atoms. The minimum absolute atomic E-state index is 0.359. The van der Waals surface area contributed by atoms with E-state index in [1.807, 2.05) is 11.3 Å². The van der Waals surface area contributed by atoms with Crippen molar-refractivity contribution < 1.29 is 0 Å². The molecule has 0 bridgehead atoms. The van der Waals surface area contributed by atoms with Crippen molar-refractivity contribution >= 4 is 27.3 Å². The van der Waals surface area contributed by atoms with E-state index in [-0.39, 0.29) is 0 Å². The van der Waals surface area contributed by atoms with E-state index in [4.69, 9.17) is 0 Å². The lowest BCUT2D eigenvalue weighted by Gasteiger charge is -2.39. The summed E-state index contributed by atoms with van der Waals surface area (Å²) in [6.45, 7) is 11.8. The molecule has 2 heteroatoms. The van der Waals surface area contributed by atoms with Gasteiger partial charge in [-0.15, -0.1) is 11.3 Å². The molecule has 1 aliphatic carbocycles. The van der Waals surface area contributed by atoms with E-state index in [1.54, 1.807) is 10.4 Å². The molecule has 0 N–H and O–H groups in total. The van der Waals surface area contributed by atoms with E-state index in [2.05, 4.69) is 50.5 Å². The lowest BCUT2D eigenvalue weighted by atomic mass is 9.66. The lowest BCUT2D eigenvalue weighted by Crippen LogP contribution is -2.32. The molecule has 1 aromatic rings. The maximum Gasteiger partial charge on any atom is 0.0733 e. The number of halogens is 1. The van der Waals surface area contributed by atoms with Gasteiger partial charge in [0.25, 0.3) is 0 Å². The van der Waals surface area contributed by atoms with Crippen molar-refractivity contribution in [1.29, 1.82) is 0 Å². The molecule has 1 aromatic heterocycles. The van der Waals surface area contributed by atoms with Crippen LogP contribution < -0.4 is 0 Å². The molecule has 0 spiro atoms. The van der Waals surface area contributed by atoms with Crippen LogP contribution in [0.4, 0.5) is 0 Å². The average Bonchev–Trinajstić information content (AvgIpc) is 2.40. The minimum atomic E-state index is 0.359. The molecule has 0 atom stereocenters. The third-order valence-corrected chi connectivity index (χ3v) is 6.28. The SMILES string of the molecule is Cc1c(Br)sc2c1C(C)(C)CCC2(C)C. The molecule has 2 rings (SSSR count). The molecule has 0 aromatic carbocycles. The molecule has 84 valence electrons. The van der Waals surface area contributed by atoms with Gasteiger partial charge in [-0.1, -0.05) is 27.7 Å². The summed E-state index contributed by atoms with van der Waals surface area (Å²) in [7, 11) is 0. The summed E-state index contributed by atoms with van der Waals surface area (Å²) in [5.74, 6) is 0. The number of hydrogen-bond acceptors (Lipinski definition) is 1. The smallest absolute Gasteiger partial charge is 0.0733 e. The van der Waals surface area contributed by atoms with Crippen molar-refractivity contribution in [2.24, 2.45) is 0 Å². The standard InChI is InChI=1S/C13H19BrS/c1-8-9-10(15-11(8)14)13(4,5)7-6-12(9,2)3/h6-7H2,1-5H3. The van der Waals surface area contributed by atoms with Gasteiger partial charge in [0, 0.05) is 4.88 Å². The number of rotatable bonds is 0. The van der Waals surface area contributed by atoms with Crippen LogP contribution in [0, 0.1) is 6.92 Å². The van der Waals surface area contributed by atoms with Crippen LogP contribution in [0.2, 0.25) is 0 Å². The van der Waals surface area contributed by atoms with Gasteiger partial charge in [-0.05, 0) is 57.7 Å². The highest BCUT2D eigenvalue weighted by atomic mass is 79.9. The zero-order chi connectivity index (χ0) is 11.4. The fourth-order valence-corrected chi connectivity index (χ4v) is 4.67. The van der Waals surface area contributed by atoms with Crippen LogP contribution in [-0.2, 0) is 10.8 Å². The molecule has 0 amide bonds. The molecule has 0 radical (unpaired) electrons. The maximum absolute atomic E-state index is 3.70. The summed E-state index contributed by atoms with van der Waals surface area (Å²) in [6.07, 6.45) is 2.61. The van der Waals surface area contributed by atoms with Crippen LogP contribution >= 0.6 is 27.3 Å². The molecular weight excluding hydrogens is 268 g/mol. The Morgan fingerprint density at radius 2 is 1.60 bits per heavy atom. The summed E-state index contributed by atoms with van der Waals surface area (Å²) in [4.78, 5) is 1.60. The molecule has 0 saturated carbocycles. The van der Waals surface area contributed by atoms with Gasteiger partial charge < -0.3 is 0 Å². The number of thiophene rings is 1. The summed E-state index contributed by atoms with van der Waals surface area (Å²) >= 11 is 5.64. The summed E-state index contributed by atoms with van der Waals surface area (Å²) in [6, 6.07) is 0. The van der Waals surface area contributed by atoms with Crippen molar-refractivity contribution in [3.8, 4) is 0 Å². The second-order valence-electron chi connectivity index (χ2n) is 5.97. The number of fused-ring (bicyclic) bond motifs is 1. The van der Waals surface area contributed by atoms with Crippen molar-refractivity contribution in [3.63, 3.8) is 0 Å². The first-order valence-corrected chi connectivity index (χ1v) is 7.16. The van der Waals surface area contributed by atoms with Gasteiger partial charge in [-0.25, -0.2) is 0 Å². The van der Waals surface area contributed by atoms with E-state index < -0.39 is 0 Å². The average molecular weight is 287 g/mol. The van der Waals surface area contributed by atoms with Gasteiger partial charge in [0.15, 0.2) is 0 Å². The summed E-state index contributed by atoms with van der Waals surface area (Å²) in [5.41, 5.74) is 3.80. The van der Waals surface area contributed by atoms with E-state index in [9.17, 15) is 0 Å². The molecule has 0 unspecified atom stereocenters. The van der Waals surface area contributed by atoms with Gasteiger partial charge in [-0.3, -0.25) is 0 Å². The second kappa shape index (κ2) is 3.33. The molecule has 1 heterocycles. The largest absolute Gasteiger partial charge is 0.132 e. The molecule has 0 aliphatic heterocycles. The van der Waals surface area contributed by atoms with Crippen molar-refractivity contribution in [1.82, 2.24) is 0 Å². The van der Waals surface area contributed by atoms with E-state index >= 15 is 0 Å². The molecule has 0 fully saturated rings. The van der Waals surface area contributed by atoms with E-state index in [0.717, 1.165) is 0 Å². The van der Waals surface area contributed by atoms with E-state index in [0.29, 0.717) is 10.8 Å². The Kier molecular flexibility index (Phi) is 2.59. The maximum atomic E-state index is 3.70. The quantitative estimate of drug-likeness (QED) is 0.617. The predicted molar refractivity (Wildman–Crippen MR) is 72.0 cm³/mol. The molecule has 0 nitrogen and oxygen atoms in total. The van der Waals surface area contributed by atoms with Crippen LogP contribution in [0.25, 0.3) is 0 Å². The first-order valence-electron chi connectivity index (χ1n) is 5.55. The van der Waals surface area contributed by atoms with Crippen molar-refractivity contribution in [2.45, 2.75) is 58.3 Å². The fraction of sp³-hybridized carbons (Fsp3) is 0.692. The summed E-state index contributed by atoms with van der Waals surface area (Å²) < 4.78 is 1.33. The monoisotopic (exact) mass is 286 g/mol. The van der Waals surface area contributed by atoms with Crippen LogP contribution in [0.1, 0.15) is 56.5 Å². The third-order valence-electron chi connectivity index (χ3n) is 3.76. The van der Waals surface area contributed by atoms with Crippen LogP contribution in [0.3, 0.4) is 0 Å². The first kappa shape index (κ1) is 11.7. The molecule has 0 saturated heterocycles. The third kappa shape index (κ3) is 1.70. The Labute approximate surface area is 105 Å². The number of hydrogen-bond donors (Lipinski definition) is 0. The van der Waals surface area contributed by atoms with Gasteiger partial charge >= 0.3 is 0 Å². The van der Waals surface area contributed by atoms with Crippen molar-refractivity contribution in [2.75, 3.05) is 0 Å². The Hall–Kier alpha value is 0.180. The predicted octanol–water partition coefficient (Wildman–Crippen LogP) is 5.17. The highest BCUT2D eigenvalue weighted by molar-refractivity contribution is 9.11. The highest BCUT2D eigenvalue weighted by Gasteiger charge is 2.40. The zero-order valence-corrected chi connectivity index (χ0v) is 12.6. The van der Waals surface area contributed by atoms with Gasteiger partial charge in [0.1, 0.15) is 0 Å². The van der Waals surface area contributed by atoms with Crippen LogP contribution in [0.15, 0.2) is 3.79 Å². The van der Waals surface area contributed by atoms with Gasteiger partial charge in [0.05, 0.1) is 3.79 Å². The van der Waals surface area contributed by atoms with Crippen LogP contribution in [0.5, 0.6) is 0 Å². The Bertz CT molecular complexity index is 399. The Morgan fingerprint density at radius 3 is 2.13 bits per heavy atom. The zero-order valence-electron chi connectivity index (χ0n) is 10.2. The fourth-order valence-electron chi connectivity index (χ4n) is 2.64. The first-order chi connectivity index (χ1) is 6.76. The van der Waals surface area contributed by atoms with Crippen LogP contribution in [-0.4, -0.2) is 0 Å². The lowest BCUT2D eigenvalue weighted by molar-refractivity contribution is 0.337. The minimum Gasteiger partial charge on any atom is -0.132 e. The second-order valence-corrected chi connectivity index (χ2v) is 8.31. The van der Waals surface area contributed by atoms with Gasteiger partial charge in [0.2, 0.25) is 0 Å². The normalized spacial score (nSPS) is 22.5. The molecule has 1 aliphatic rings.